The highest BCUT2D eigenvalue weighted by atomic mass is 35.5. The highest BCUT2D eigenvalue weighted by molar-refractivity contribution is 7.92. The molecule has 0 spiro atoms. The topological polar surface area (TPSA) is 63.7 Å². The van der Waals surface area contributed by atoms with Crippen LogP contribution in [0.1, 0.15) is 0 Å². The first-order valence-electron chi connectivity index (χ1n) is 7.76. The van der Waals surface area contributed by atoms with E-state index in [-0.39, 0.29) is 4.90 Å². The maximum Gasteiger partial charge on any atom is 0.326 e. The molecule has 0 amide bonds. The highest BCUT2D eigenvalue weighted by Crippen LogP contribution is 2.28. The Morgan fingerprint density at radius 1 is 1.00 bits per heavy atom. The van der Waals surface area contributed by atoms with E-state index in [2.05, 4.69) is 4.74 Å². The van der Waals surface area contributed by atoms with Gasteiger partial charge in [-0.1, -0.05) is 41.9 Å². The van der Waals surface area contributed by atoms with Gasteiger partial charge in [-0.25, -0.2) is 8.42 Å². The number of esters is 1. The summed E-state index contributed by atoms with van der Waals surface area (Å²) in [6.45, 7) is -0.431. The number of ether oxygens (including phenoxy) is 1. The van der Waals surface area contributed by atoms with E-state index in [9.17, 15) is 13.2 Å². The van der Waals surface area contributed by atoms with Crippen LogP contribution in [0, 0.1) is 0 Å². The number of methoxy groups -OCH3 is 1. The Labute approximate surface area is 156 Å². The van der Waals surface area contributed by atoms with Gasteiger partial charge in [0.2, 0.25) is 0 Å². The number of hydrogen-bond acceptors (Lipinski definition) is 4. The Hall–Kier alpha value is -2.57. The van der Waals surface area contributed by atoms with Crippen LogP contribution in [-0.2, 0) is 19.6 Å². The Bertz CT molecular complexity index is 1050. The van der Waals surface area contributed by atoms with Crippen LogP contribution in [0.4, 0.5) is 5.69 Å². The molecule has 0 fully saturated rings. The molecule has 3 aromatic rings. The Balaban J connectivity index is 2.11. The van der Waals surface area contributed by atoms with Gasteiger partial charge in [0.25, 0.3) is 10.0 Å². The number of hydrogen-bond donors (Lipinski definition) is 0. The monoisotopic (exact) mass is 389 g/mol. The van der Waals surface area contributed by atoms with Gasteiger partial charge in [-0.05, 0) is 47.2 Å². The number of fused-ring (bicyclic) bond motifs is 1. The van der Waals surface area contributed by atoms with E-state index in [0.717, 1.165) is 15.1 Å². The van der Waals surface area contributed by atoms with Crippen LogP contribution in [0.5, 0.6) is 0 Å². The number of anilines is 1. The van der Waals surface area contributed by atoms with E-state index in [4.69, 9.17) is 11.6 Å². The molecule has 0 aromatic heterocycles. The van der Waals surface area contributed by atoms with Crippen molar-refractivity contribution in [2.24, 2.45) is 0 Å². The first-order chi connectivity index (χ1) is 12.4. The maximum absolute atomic E-state index is 13.1. The lowest BCUT2D eigenvalue weighted by Gasteiger charge is -2.23. The van der Waals surface area contributed by atoms with Crippen LogP contribution < -0.4 is 4.31 Å². The third-order valence-corrected chi connectivity index (χ3v) is 5.96. The van der Waals surface area contributed by atoms with Crippen molar-refractivity contribution in [3.05, 3.63) is 71.8 Å². The van der Waals surface area contributed by atoms with Gasteiger partial charge in [0.05, 0.1) is 17.7 Å². The second-order valence-corrected chi connectivity index (χ2v) is 7.87. The molecule has 0 heterocycles. The van der Waals surface area contributed by atoms with Gasteiger partial charge in [0.1, 0.15) is 6.54 Å². The van der Waals surface area contributed by atoms with Crippen LogP contribution >= 0.6 is 11.6 Å². The third-order valence-electron chi connectivity index (χ3n) is 3.92. The number of halogens is 1. The summed E-state index contributed by atoms with van der Waals surface area (Å²) >= 11 is 5.85. The number of sulfonamides is 1. The first-order valence-corrected chi connectivity index (χ1v) is 9.57. The average molecular weight is 390 g/mol. The lowest BCUT2D eigenvalue weighted by atomic mass is 10.1. The van der Waals surface area contributed by atoms with Crippen molar-refractivity contribution in [1.82, 2.24) is 0 Å². The second-order valence-electron chi connectivity index (χ2n) is 5.57. The summed E-state index contributed by atoms with van der Waals surface area (Å²) < 4.78 is 31.9. The molecule has 26 heavy (non-hydrogen) atoms. The van der Waals surface area contributed by atoms with E-state index in [1.165, 1.54) is 31.4 Å². The van der Waals surface area contributed by atoms with Crippen LogP contribution in [0.25, 0.3) is 10.8 Å². The van der Waals surface area contributed by atoms with Crippen molar-refractivity contribution in [2.45, 2.75) is 4.90 Å². The van der Waals surface area contributed by atoms with Crippen molar-refractivity contribution >= 4 is 44.1 Å². The molecule has 3 rings (SSSR count). The average Bonchev–Trinajstić information content (AvgIpc) is 2.65. The van der Waals surface area contributed by atoms with Crippen LogP contribution in [0.15, 0.2) is 71.6 Å². The summed E-state index contributed by atoms with van der Waals surface area (Å²) in [7, 11) is -2.75. The van der Waals surface area contributed by atoms with Gasteiger partial charge in [-0.2, -0.15) is 0 Å². The summed E-state index contributed by atoms with van der Waals surface area (Å²) in [4.78, 5) is 11.9. The molecule has 0 bridgehead atoms. The highest BCUT2D eigenvalue weighted by Gasteiger charge is 2.27. The van der Waals surface area contributed by atoms with E-state index >= 15 is 0 Å². The fourth-order valence-corrected chi connectivity index (χ4v) is 4.09. The quantitative estimate of drug-likeness (QED) is 0.621. The molecule has 134 valence electrons. The van der Waals surface area contributed by atoms with Crippen LogP contribution in [0.3, 0.4) is 0 Å². The molecule has 0 N–H and O–H groups in total. The summed E-state index contributed by atoms with van der Waals surface area (Å²) in [5.74, 6) is -0.657. The molecule has 0 atom stereocenters. The van der Waals surface area contributed by atoms with Gasteiger partial charge < -0.3 is 4.74 Å². The fraction of sp³-hybridized carbons (Fsp3) is 0.105. The molecule has 5 nitrogen and oxygen atoms in total. The Morgan fingerprint density at radius 2 is 1.65 bits per heavy atom. The zero-order chi connectivity index (χ0) is 18.7. The van der Waals surface area contributed by atoms with Crippen molar-refractivity contribution in [1.29, 1.82) is 0 Å². The molecule has 3 aromatic carbocycles. The van der Waals surface area contributed by atoms with E-state index < -0.39 is 22.5 Å². The molecular formula is C19H16ClNO4S. The predicted molar refractivity (Wildman–Crippen MR) is 102 cm³/mol. The third kappa shape index (κ3) is 3.66. The van der Waals surface area contributed by atoms with Gasteiger partial charge >= 0.3 is 5.97 Å². The SMILES string of the molecule is COC(=O)CN(c1ccc2ccccc2c1)S(=O)(=O)c1ccc(Cl)cc1. The normalized spacial score (nSPS) is 11.3. The lowest BCUT2D eigenvalue weighted by Crippen LogP contribution is -2.36. The van der Waals surface area contributed by atoms with Crippen LogP contribution in [0.2, 0.25) is 5.02 Å². The summed E-state index contributed by atoms with van der Waals surface area (Å²) in [5, 5.41) is 2.26. The van der Waals surface area contributed by atoms with E-state index in [1.807, 2.05) is 30.3 Å². The second kappa shape index (κ2) is 7.35. The summed E-state index contributed by atoms with van der Waals surface area (Å²) in [6.07, 6.45) is 0. The number of nitrogens with zero attached hydrogens (tertiary/aromatic N) is 1. The van der Waals surface area contributed by atoms with Crippen molar-refractivity contribution < 1.29 is 17.9 Å². The Morgan fingerprint density at radius 3 is 2.31 bits per heavy atom. The lowest BCUT2D eigenvalue weighted by molar-refractivity contribution is -0.138. The minimum absolute atomic E-state index is 0.0407. The summed E-state index contributed by atoms with van der Waals surface area (Å²) in [5.41, 5.74) is 0.379. The van der Waals surface area contributed by atoms with Crippen molar-refractivity contribution in [3.8, 4) is 0 Å². The molecule has 0 saturated carbocycles. The number of benzene rings is 3. The smallest absolute Gasteiger partial charge is 0.326 e. The van der Waals surface area contributed by atoms with Crippen molar-refractivity contribution in [2.75, 3.05) is 18.0 Å². The molecule has 0 aliphatic carbocycles. The van der Waals surface area contributed by atoms with Crippen LogP contribution in [-0.4, -0.2) is 28.0 Å². The largest absolute Gasteiger partial charge is 0.468 e. The maximum atomic E-state index is 13.1. The molecular weight excluding hydrogens is 374 g/mol. The molecule has 0 radical (unpaired) electrons. The molecule has 0 aliphatic heterocycles. The number of rotatable bonds is 5. The fourth-order valence-electron chi connectivity index (χ4n) is 2.56. The van der Waals surface area contributed by atoms with Crippen molar-refractivity contribution in [3.63, 3.8) is 0 Å². The zero-order valence-corrected chi connectivity index (χ0v) is 15.5. The zero-order valence-electron chi connectivity index (χ0n) is 13.9. The molecule has 0 aliphatic rings. The van der Waals surface area contributed by atoms with Gasteiger partial charge in [-0.15, -0.1) is 0 Å². The minimum atomic E-state index is -3.97. The summed E-state index contributed by atoms with van der Waals surface area (Å²) in [6, 6.07) is 18.6. The van der Waals surface area contributed by atoms with E-state index in [0.29, 0.717) is 10.7 Å². The Kier molecular flexibility index (Phi) is 5.15. The molecule has 0 unspecified atom stereocenters. The van der Waals surface area contributed by atoms with Gasteiger partial charge in [0, 0.05) is 5.02 Å². The molecule has 0 saturated heterocycles. The predicted octanol–water partition coefficient (Wildman–Crippen LogP) is 3.86. The molecule has 7 heteroatoms. The standard InChI is InChI=1S/C19H16ClNO4S/c1-25-19(22)13-21(26(23,24)18-10-7-16(20)8-11-18)17-9-6-14-4-2-3-5-15(14)12-17/h2-12H,13H2,1H3. The number of carbonyl (C=O) groups excluding carboxylic acids is 1. The van der Waals surface area contributed by atoms with E-state index in [1.54, 1.807) is 12.1 Å². The van der Waals surface area contributed by atoms with Gasteiger partial charge in [0.15, 0.2) is 0 Å². The minimum Gasteiger partial charge on any atom is -0.468 e. The first kappa shape index (κ1) is 18.2. The number of carbonyl (C=O) groups is 1. The van der Waals surface area contributed by atoms with Gasteiger partial charge in [-0.3, -0.25) is 9.10 Å².